The van der Waals surface area contributed by atoms with Gasteiger partial charge in [0, 0.05) is 31.6 Å². The van der Waals surface area contributed by atoms with Crippen LogP contribution in [0.4, 0.5) is 4.39 Å². The lowest BCUT2D eigenvalue weighted by Crippen LogP contribution is -2.54. The maximum atomic E-state index is 13.6. The molecule has 2 aliphatic heterocycles. The zero-order valence-electron chi connectivity index (χ0n) is 11.4. The van der Waals surface area contributed by atoms with Crippen molar-refractivity contribution in [3.05, 3.63) is 16.1 Å². The highest BCUT2D eigenvalue weighted by Gasteiger charge is 2.35. The summed E-state index contributed by atoms with van der Waals surface area (Å²) >= 11 is 1.48. The Morgan fingerprint density at radius 3 is 2.70 bits per heavy atom. The lowest BCUT2D eigenvalue weighted by Gasteiger charge is -2.37. The van der Waals surface area contributed by atoms with E-state index in [1.165, 1.54) is 11.3 Å². The molecular weight excluding hydrogens is 281 g/mol. The summed E-state index contributed by atoms with van der Waals surface area (Å²) in [6, 6.07) is -0.145. The van der Waals surface area contributed by atoms with Crippen LogP contribution in [-0.2, 0) is 4.74 Å². The van der Waals surface area contributed by atoms with Gasteiger partial charge in [0.05, 0.1) is 24.3 Å². The average molecular weight is 299 g/mol. The first-order chi connectivity index (χ1) is 9.65. The molecule has 0 bridgehead atoms. The number of hydrogen-bond donors (Lipinski definition) is 0. The van der Waals surface area contributed by atoms with Gasteiger partial charge in [0.25, 0.3) is 5.91 Å². The number of amides is 1. The lowest BCUT2D eigenvalue weighted by atomic mass is 10.1. The van der Waals surface area contributed by atoms with Gasteiger partial charge in [-0.05, 0) is 6.92 Å². The topological polar surface area (TPSA) is 45.7 Å². The van der Waals surface area contributed by atoms with Crippen molar-refractivity contribution in [2.75, 3.05) is 39.4 Å². The number of nitrogens with zero attached hydrogens (tertiary/aromatic N) is 3. The summed E-state index contributed by atoms with van der Waals surface area (Å²) in [6.07, 6.45) is -0.904. The summed E-state index contributed by atoms with van der Waals surface area (Å²) < 4.78 is 18.8. The van der Waals surface area contributed by atoms with Crippen LogP contribution in [0.1, 0.15) is 15.5 Å². The van der Waals surface area contributed by atoms with Gasteiger partial charge in [-0.15, -0.1) is 11.3 Å². The van der Waals surface area contributed by atoms with Crippen molar-refractivity contribution in [1.82, 2.24) is 14.8 Å². The van der Waals surface area contributed by atoms with Crippen LogP contribution >= 0.6 is 11.3 Å². The van der Waals surface area contributed by atoms with Crippen LogP contribution in [0, 0.1) is 6.92 Å². The first-order valence-electron chi connectivity index (χ1n) is 6.82. The molecule has 2 saturated heterocycles. The molecular formula is C13H18FN3O2S. The van der Waals surface area contributed by atoms with Gasteiger partial charge in [0.1, 0.15) is 11.9 Å². The summed E-state index contributed by atoms with van der Waals surface area (Å²) in [5.41, 5.74) is 0.522. The second kappa shape index (κ2) is 5.75. The first kappa shape index (κ1) is 13.9. The van der Waals surface area contributed by atoms with E-state index >= 15 is 0 Å². The van der Waals surface area contributed by atoms with E-state index < -0.39 is 6.17 Å². The number of aryl methyl sites for hydroxylation is 1. The predicted molar refractivity (Wildman–Crippen MR) is 73.8 cm³/mol. The third-order valence-electron chi connectivity index (χ3n) is 3.89. The number of piperazine rings is 1. The molecule has 20 heavy (non-hydrogen) atoms. The van der Waals surface area contributed by atoms with Crippen LogP contribution in [0.15, 0.2) is 5.38 Å². The molecule has 1 aromatic rings. The molecule has 0 spiro atoms. The Labute approximate surface area is 121 Å². The minimum absolute atomic E-state index is 0.0199. The highest BCUT2D eigenvalue weighted by atomic mass is 32.1. The number of hydrogen-bond acceptors (Lipinski definition) is 5. The maximum Gasteiger partial charge on any atom is 0.273 e. The Morgan fingerprint density at radius 1 is 1.40 bits per heavy atom. The van der Waals surface area contributed by atoms with E-state index in [1.807, 2.05) is 6.92 Å². The Morgan fingerprint density at radius 2 is 2.15 bits per heavy atom. The van der Waals surface area contributed by atoms with E-state index in [9.17, 15) is 9.18 Å². The minimum Gasteiger partial charge on any atom is -0.377 e. The van der Waals surface area contributed by atoms with E-state index in [4.69, 9.17) is 4.74 Å². The SMILES string of the molecule is Cc1nc(C(=O)N2CCN([C@@H]3COC[C@H]3F)CC2)cs1. The van der Waals surface area contributed by atoms with Gasteiger partial charge in [-0.1, -0.05) is 0 Å². The van der Waals surface area contributed by atoms with Crippen LogP contribution in [0.2, 0.25) is 0 Å². The largest absolute Gasteiger partial charge is 0.377 e. The fraction of sp³-hybridized carbons (Fsp3) is 0.692. The predicted octanol–water partition coefficient (Wildman–Crippen LogP) is 0.946. The van der Waals surface area contributed by atoms with Gasteiger partial charge in [-0.25, -0.2) is 9.37 Å². The molecule has 0 unspecified atom stereocenters. The zero-order chi connectivity index (χ0) is 14.1. The number of carbonyl (C=O) groups is 1. The summed E-state index contributed by atoms with van der Waals surface area (Å²) in [7, 11) is 0. The Hall–Kier alpha value is -1.05. The quantitative estimate of drug-likeness (QED) is 0.815. The van der Waals surface area contributed by atoms with Crippen molar-refractivity contribution in [3.63, 3.8) is 0 Å². The van der Waals surface area contributed by atoms with E-state index in [0.29, 0.717) is 38.5 Å². The summed E-state index contributed by atoms with van der Waals surface area (Å²) in [5.74, 6) is -0.0199. The van der Waals surface area contributed by atoms with Gasteiger partial charge < -0.3 is 9.64 Å². The highest BCUT2D eigenvalue weighted by molar-refractivity contribution is 7.09. The third kappa shape index (κ3) is 2.70. The maximum absolute atomic E-state index is 13.6. The summed E-state index contributed by atoms with van der Waals surface area (Å²) in [6.45, 7) is 5.19. The second-order valence-corrected chi connectivity index (χ2v) is 6.26. The summed E-state index contributed by atoms with van der Waals surface area (Å²) in [4.78, 5) is 20.4. The molecule has 2 fully saturated rings. The van der Waals surface area contributed by atoms with Gasteiger partial charge in [0.15, 0.2) is 0 Å². The molecule has 1 amide bonds. The first-order valence-corrected chi connectivity index (χ1v) is 7.70. The molecule has 0 N–H and O–H groups in total. The van der Waals surface area contributed by atoms with Crippen LogP contribution in [-0.4, -0.2) is 72.3 Å². The molecule has 0 saturated carbocycles. The standard InChI is InChI=1S/C13H18FN3O2S/c1-9-15-11(8-20-9)13(18)17-4-2-16(3-5-17)12-7-19-6-10(12)14/h8,10,12H,2-7H2,1H3/t10-,12-/m1/s1. The van der Waals surface area contributed by atoms with E-state index in [-0.39, 0.29) is 18.6 Å². The van der Waals surface area contributed by atoms with Crippen molar-refractivity contribution in [1.29, 1.82) is 0 Å². The molecule has 0 radical (unpaired) electrons. The lowest BCUT2D eigenvalue weighted by molar-refractivity contribution is 0.0491. The molecule has 0 aromatic carbocycles. The number of carbonyl (C=O) groups excluding carboxylic acids is 1. The van der Waals surface area contributed by atoms with Crippen molar-refractivity contribution < 1.29 is 13.9 Å². The molecule has 3 rings (SSSR count). The van der Waals surface area contributed by atoms with E-state index in [0.717, 1.165) is 5.01 Å². The Kier molecular flexibility index (Phi) is 4.00. The number of alkyl halides is 1. The van der Waals surface area contributed by atoms with E-state index in [2.05, 4.69) is 9.88 Å². The number of aromatic nitrogens is 1. The molecule has 2 atom stereocenters. The number of rotatable bonds is 2. The molecule has 0 aliphatic carbocycles. The number of ether oxygens (including phenoxy) is 1. The van der Waals surface area contributed by atoms with Gasteiger partial charge in [-0.3, -0.25) is 9.69 Å². The zero-order valence-corrected chi connectivity index (χ0v) is 12.2. The smallest absolute Gasteiger partial charge is 0.273 e. The molecule has 5 nitrogen and oxygen atoms in total. The van der Waals surface area contributed by atoms with Crippen molar-refractivity contribution in [3.8, 4) is 0 Å². The summed E-state index contributed by atoms with van der Waals surface area (Å²) in [5, 5.41) is 2.70. The fourth-order valence-corrected chi connectivity index (χ4v) is 3.32. The van der Waals surface area contributed by atoms with Gasteiger partial charge >= 0.3 is 0 Å². The van der Waals surface area contributed by atoms with Gasteiger partial charge in [-0.2, -0.15) is 0 Å². The van der Waals surface area contributed by atoms with Crippen LogP contribution in [0.25, 0.3) is 0 Å². The van der Waals surface area contributed by atoms with Crippen molar-refractivity contribution in [2.45, 2.75) is 19.1 Å². The third-order valence-corrected chi connectivity index (χ3v) is 4.67. The average Bonchev–Trinajstić information content (AvgIpc) is 3.07. The normalized spacial score (nSPS) is 28.0. The molecule has 2 aliphatic rings. The molecule has 1 aromatic heterocycles. The minimum atomic E-state index is -0.904. The van der Waals surface area contributed by atoms with Crippen molar-refractivity contribution >= 4 is 17.2 Å². The second-order valence-electron chi connectivity index (χ2n) is 5.20. The Bertz CT molecular complexity index is 488. The molecule has 7 heteroatoms. The molecule has 3 heterocycles. The van der Waals surface area contributed by atoms with Crippen LogP contribution in [0.5, 0.6) is 0 Å². The highest BCUT2D eigenvalue weighted by Crippen LogP contribution is 2.19. The van der Waals surface area contributed by atoms with Crippen LogP contribution < -0.4 is 0 Å². The number of thiazole rings is 1. The fourth-order valence-electron chi connectivity index (χ4n) is 2.73. The number of halogens is 1. The monoisotopic (exact) mass is 299 g/mol. The molecule has 110 valence electrons. The van der Waals surface area contributed by atoms with Gasteiger partial charge in [0.2, 0.25) is 0 Å². The Balaban J connectivity index is 1.57. The van der Waals surface area contributed by atoms with Crippen LogP contribution in [0.3, 0.4) is 0 Å². The van der Waals surface area contributed by atoms with E-state index in [1.54, 1.807) is 10.3 Å². The van der Waals surface area contributed by atoms with Crippen molar-refractivity contribution in [2.24, 2.45) is 0 Å².